The van der Waals surface area contributed by atoms with Gasteiger partial charge in [0.1, 0.15) is 0 Å². The van der Waals surface area contributed by atoms with Crippen LogP contribution in [0.4, 0.5) is 5.82 Å². The van der Waals surface area contributed by atoms with Gasteiger partial charge < -0.3 is 15.8 Å². The van der Waals surface area contributed by atoms with Crippen LogP contribution in [0.25, 0.3) is 5.65 Å². The molecule has 2 N–H and O–H groups in total. The number of hydrogen-bond donors (Lipinski definition) is 1. The van der Waals surface area contributed by atoms with Gasteiger partial charge in [-0.3, -0.25) is 4.90 Å². The molecule has 0 atom stereocenters. The van der Waals surface area contributed by atoms with Crippen LogP contribution in [-0.4, -0.2) is 38.3 Å². The lowest BCUT2D eigenvalue weighted by Crippen LogP contribution is -2.39. The van der Waals surface area contributed by atoms with Crippen molar-refractivity contribution in [1.82, 2.24) is 14.3 Å². The van der Waals surface area contributed by atoms with E-state index in [0.29, 0.717) is 17.9 Å². The second kappa shape index (κ2) is 5.18. The van der Waals surface area contributed by atoms with Crippen molar-refractivity contribution >= 4 is 11.5 Å². The fraction of sp³-hybridized carbons (Fsp3) is 0.462. The third-order valence-corrected chi connectivity index (χ3v) is 3.75. The molecule has 7 heteroatoms. The van der Waals surface area contributed by atoms with Gasteiger partial charge in [-0.05, 0) is 23.8 Å². The zero-order valence-electron chi connectivity index (χ0n) is 11.1. The molecule has 1 aliphatic heterocycles. The standard InChI is InChI=1S/C13H17N5O2/c14-10-4-7-16(8-5-10)9-11-13(18(19)20)17-6-2-1-3-12(17)15-11/h1-3,6,10H,4-5,7-9,14H2. The molecule has 20 heavy (non-hydrogen) atoms. The molecule has 0 amide bonds. The van der Waals surface area contributed by atoms with Crippen molar-refractivity contribution in [2.45, 2.75) is 25.4 Å². The second-order valence-corrected chi connectivity index (χ2v) is 5.18. The number of nitrogens with two attached hydrogens (primary N) is 1. The Bertz CT molecular complexity index is 631. The van der Waals surface area contributed by atoms with Crippen LogP contribution in [0.3, 0.4) is 0 Å². The van der Waals surface area contributed by atoms with Gasteiger partial charge in [0.2, 0.25) is 5.65 Å². The lowest BCUT2D eigenvalue weighted by Gasteiger charge is -2.29. The van der Waals surface area contributed by atoms with Crippen molar-refractivity contribution in [2.24, 2.45) is 5.73 Å². The molecule has 0 aliphatic carbocycles. The topological polar surface area (TPSA) is 89.7 Å². The van der Waals surface area contributed by atoms with Gasteiger partial charge in [0.15, 0.2) is 5.69 Å². The Morgan fingerprint density at radius 1 is 1.40 bits per heavy atom. The van der Waals surface area contributed by atoms with Gasteiger partial charge >= 0.3 is 5.82 Å². The summed E-state index contributed by atoms with van der Waals surface area (Å²) in [5, 5.41) is 11.3. The summed E-state index contributed by atoms with van der Waals surface area (Å²) in [6, 6.07) is 5.63. The van der Waals surface area contributed by atoms with Gasteiger partial charge in [-0.1, -0.05) is 6.07 Å². The Balaban J connectivity index is 1.90. The van der Waals surface area contributed by atoms with Crippen LogP contribution < -0.4 is 5.73 Å². The largest absolute Gasteiger partial charge is 0.358 e. The van der Waals surface area contributed by atoms with Gasteiger partial charge in [-0.25, -0.2) is 4.98 Å². The average molecular weight is 275 g/mol. The number of nitro groups is 1. The van der Waals surface area contributed by atoms with E-state index in [0.717, 1.165) is 25.9 Å². The van der Waals surface area contributed by atoms with Crippen molar-refractivity contribution < 1.29 is 4.92 Å². The van der Waals surface area contributed by atoms with Crippen LogP contribution in [0.2, 0.25) is 0 Å². The zero-order valence-corrected chi connectivity index (χ0v) is 11.1. The van der Waals surface area contributed by atoms with E-state index in [2.05, 4.69) is 9.88 Å². The van der Waals surface area contributed by atoms with E-state index >= 15 is 0 Å². The number of rotatable bonds is 3. The third-order valence-electron chi connectivity index (χ3n) is 3.75. The molecule has 2 aromatic heterocycles. The fourth-order valence-electron chi connectivity index (χ4n) is 2.65. The maximum atomic E-state index is 11.3. The van der Waals surface area contributed by atoms with Gasteiger partial charge in [0, 0.05) is 31.7 Å². The van der Waals surface area contributed by atoms with E-state index in [1.165, 1.54) is 4.40 Å². The first kappa shape index (κ1) is 13.0. The molecule has 106 valence electrons. The van der Waals surface area contributed by atoms with E-state index in [-0.39, 0.29) is 16.8 Å². The monoisotopic (exact) mass is 275 g/mol. The summed E-state index contributed by atoms with van der Waals surface area (Å²) >= 11 is 0. The minimum Gasteiger partial charge on any atom is -0.358 e. The van der Waals surface area contributed by atoms with Crippen LogP contribution in [0.15, 0.2) is 24.4 Å². The van der Waals surface area contributed by atoms with Crippen LogP contribution in [0.1, 0.15) is 18.5 Å². The molecule has 1 saturated heterocycles. The first-order valence-electron chi connectivity index (χ1n) is 6.73. The molecule has 7 nitrogen and oxygen atoms in total. The number of piperidine rings is 1. The SMILES string of the molecule is NC1CCN(Cc2nc3ccccn3c2[N+](=O)[O-])CC1. The predicted molar refractivity (Wildman–Crippen MR) is 74.3 cm³/mol. The molecular weight excluding hydrogens is 258 g/mol. The highest BCUT2D eigenvalue weighted by atomic mass is 16.6. The van der Waals surface area contributed by atoms with Crippen molar-refractivity contribution in [3.63, 3.8) is 0 Å². The molecule has 2 aromatic rings. The molecule has 0 saturated carbocycles. The summed E-state index contributed by atoms with van der Waals surface area (Å²) in [7, 11) is 0. The molecule has 0 aromatic carbocycles. The smallest absolute Gasteiger partial charge is 0.352 e. The molecule has 0 bridgehead atoms. The molecule has 1 aliphatic rings. The molecule has 0 radical (unpaired) electrons. The second-order valence-electron chi connectivity index (χ2n) is 5.18. The van der Waals surface area contributed by atoms with Crippen molar-refractivity contribution in [3.05, 3.63) is 40.2 Å². The number of fused-ring (bicyclic) bond motifs is 1. The highest BCUT2D eigenvalue weighted by molar-refractivity contribution is 5.48. The van der Waals surface area contributed by atoms with E-state index in [9.17, 15) is 10.1 Å². The maximum Gasteiger partial charge on any atom is 0.352 e. The van der Waals surface area contributed by atoms with E-state index in [1.54, 1.807) is 18.3 Å². The van der Waals surface area contributed by atoms with Gasteiger partial charge in [0.05, 0.1) is 6.20 Å². The minimum absolute atomic E-state index is 0.0653. The number of pyridine rings is 1. The van der Waals surface area contributed by atoms with Crippen molar-refractivity contribution in [1.29, 1.82) is 0 Å². The van der Waals surface area contributed by atoms with Crippen molar-refractivity contribution in [2.75, 3.05) is 13.1 Å². The Hall–Kier alpha value is -1.99. The Kier molecular flexibility index (Phi) is 3.37. The highest BCUT2D eigenvalue weighted by Gasteiger charge is 2.25. The van der Waals surface area contributed by atoms with Crippen molar-refractivity contribution in [3.8, 4) is 0 Å². The van der Waals surface area contributed by atoms with Crippen LogP contribution in [0.5, 0.6) is 0 Å². The predicted octanol–water partition coefficient (Wildman–Crippen LogP) is 1.17. The van der Waals surface area contributed by atoms with E-state index in [4.69, 9.17) is 5.73 Å². The highest BCUT2D eigenvalue weighted by Crippen LogP contribution is 2.23. The summed E-state index contributed by atoms with van der Waals surface area (Å²) in [6.45, 7) is 2.24. The molecule has 0 unspecified atom stereocenters. The normalized spacial score (nSPS) is 17.6. The first-order valence-corrected chi connectivity index (χ1v) is 6.73. The number of likely N-dealkylation sites (tertiary alicyclic amines) is 1. The number of aromatic nitrogens is 2. The summed E-state index contributed by atoms with van der Waals surface area (Å²) in [6.07, 6.45) is 3.54. The van der Waals surface area contributed by atoms with Gasteiger partial charge in [-0.2, -0.15) is 4.40 Å². The minimum atomic E-state index is -0.356. The lowest BCUT2D eigenvalue weighted by atomic mass is 10.1. The van der Waals surface area contributed by atoms with Gasteiger partial charge in [0.25, 0.3) is 0 Å². The van der Waals surface area contributed by atoms with E-state index in [1.807, 2.05) is 6.07 Å². The number of nitrogens with zero attached hydrogens (tertiary/aromatic N) is 4. The summed E-state index contributed by atoms with van der Waals surface area (Å²) in [5.41, 5.74) is 7.01. The molecular formula is C13H17N5O2. The Morgan fingerprint density at radius 3 is 2.85 bits per heavy atom. The third kappa shape index (κ3) is 2.37. The Labute approximate surface area is 116 Å². The average Bonchev–Trinajstić information content (AvgIpc) is 2.79. The quantitative estimate of drug-likeness (QED) is 0.670. The maximum absolute atomic E-state index is 11.3. The number of imidazole rings is 1. The lowest BCUT2D eigenvalue weighted by molar-refractivity contribution is -0.391. The van der Waals surface area contributed by atoms with Crippen LogP contribution in [-0.2, 0) is 6.54 Å². The van der Waals surface area contributed by atoms with Crippen LogP contribution >= 0.6 is 0 Å². The molecule has 1 fully saturated rings. The Morgan fingerprint density at radius 2 is 2.15 bits per heavy atom. The molecule has 3 rings (SSSR count). The zero-order chi connectivity index (χ0) is 14.1. The fourth-order valence-corrected chi connectivity index (χ4v) is 2.65. The summed E-state index contributed by atoms with van der Waals surface area (Å²) < 4.78 is 1.53. The number of hydrogen-bond acceptors (Lipinski definition) is 5. The van der Waals surface area contributed by atoms with Gasteiger partial charge in [-0.15, -0.1) is 0 Å². The molecule has 3 heterocycles. The summed E-state index contributed by atoms with van der Waals surface area (Å²) in [4.78, 5) is 17.5. The molecule has 0 spiro atoms. The van der Waals surface area contributed by atoms with E-state index < -0.39 is 0 Å². The van der Waals surface area contributed by atoms with Crippen LogP contribution in [0, 0.1) is 10.1 Å². The first-order chi connectivity index (χ1) is 9.65. The summed E-state index contributed by atoms with van der Waals surface area (Å²) in [5.74, 6) is 0.0653.